The van der Waals surface area contributed by atoms with Crippen LogP contribution in [0.25, 0.3) is 0 Å². The second kappa shape index (κ2) is 10.1. The number of thioether (sulfide) groups is 1. The van der Waals surface area contributed by atoms with Gasteiger partial charge in [0.15, 0.2) is 4.34 Å². The van der Waals surface area contributed by atoms with E-state index in [1.54, 1.807) is 0 Å². The number of aryl methyl sites for hydroxylation is 2. The summed E-state index contributed by atoms with van der Waals surface area (Å²) < 4.78 is 25.1. The molecule has 168 valence electrons. The zero-order valence-corrected chi connectivity index (χ0v) is 20.0. The second-order valence-corrected chi connectivity index (χ2v) is 11.6. The molecule has 12 heteroatoms. The molecule has 0 unspecified atom stereocenters. The third-order valence-electron chi connectivity index (χ3n) is 4.91. The lowest BCUT2D eigenvalue weighted by Crippen LogP contribution is -2.40. The number of rotatable bonds is 7. The number of piperidine rings is 1. The lowest BCUT2D eigenvalue weighted by molar-refractivity contribution is -0.121. The quantitative estimate of drug-likeness (QED) is 0.458. The number of hydrogen-bond acceptors (Lipinski definition) is 8. The minimum Gasteiger partial charge on any atom is -0.325 e. The van der Waals surface area contributed by atoms with Crippen molar-refractivity contribution in [3.05, 3.63) is 29.3 Å². The first-order chi connectivity index (χ1) is 14.6. The molecule has 9 nitrogen and oxygen atoms in total. The summed E-state index contributed by atoms with van der Waals surface area (Å²) in [6.07, 6.45) is 2.12. The Labute approximate surface area is 190 Å². The molecule has 1 fully saturated rings. The van der Waals surface area contributed by atoms with Crippen LogP contribution in [0.5, 0.6) is 0 Å². The lowest BCUT2D eigenvalue weighted by Gasteiger charge is -2.29. The first-order valence-corrected chi connectivity index (χ1v) is 13.4. The van der Waals surface area contributed by atoms with Crippen molar-refractivity contribution < 1.29 is 18.0 Å². The van der Waals surface area contributed by atoms with Crippen molar-refractivity contribution in [1.82, 2.24) is 14.5 Å². The molecule has 0 radical (unpaired) electrons. The predicted molar refractivity (Wildman–Crippen MR) is 123 cm³/mol. The van der Waals surface area contributed by atoms with E-state index in [2.05, 4.69) is 20.8 Å². The molecule has 1 aliphatic heterocycles. The van der Waals surface area contributed by atoms with Crippen LogP contribution in [0.3, 0.4) is 0 Å². The molecule has 1 aromatic carbocycles. The van der Waals surface area contributed by atoms with Crippen LogP contribution in [0.1, 0.15) is 24.0 Å². The molecule has 31 heavy (non-hydrogen) atoms. The average Bonchev–Trinajstić information content (AvgIpc) is 3.15. The smallest absolute Gasteiger partial charge is 0.234 e. The number of anilines is 2. The number of carbonyl (C=O) groups excluding carboxylic acids is 2. The van der Waals surface area contributed by atoms with Crippen molar-refractivity contribution in [2.24, 2.45) is 5.92 Å². The molecule has 2 heterocycles. The highest BCUT2D eigenvalue weighted by atomic mass is 32.2. The van der Waals surface area contributed by atoms with Gasteiger partial charge in [-0.05, 0) is 38.3 Å². The van der Waals surface area contributed by atoms with Gasteiger partial charge in [-0.3, -0.25) is 9.59 Å². The summed E-state index contributed by atoms with van der Waals surface area (Å²) in [4.78, 5) is 24.7. The van der Waals surface area contributed by atoms with Crippen LogP contribution in [0.4, 0.5) is 10.8 Å². The molecule has 1 aliphatic rings. The highest BCUT2D eigenvalue weighted by Crippen LogP contribution is 2.27. The Hall–Kier alpha value is -2.02. The number of sulfonamides is 1. The molecule has 1 saturated heterocycles. The fraction of sp³-hybridized carbons (Fsp3) is 0.474. The Kier molecular flexibility index (Phi) is 7.68. The molecule has 0 saturated carbocycles. The topological polar surface area (TPSA) is 121 Å². The van der Waals surface area contributed by atoms with Crippen LogP contribution in [0.15, 0.2) is 22.5 Å². The first kappa shape index (κ1) is 23.6. The molecule has 0 spiro atoms. The molecule has 2 N–H and O–H groups in total. The highest BCUT2D eigenvalue weighted by molar-refractivity contribution is 8.01. The van der Waals surface area contributed by atoms with E-state index in [0.717, 1.165) is 16.8 Å². The monoisotopic (exact) mass is 483 g/mol. The summed E-state index contributed by atoms with van der Waals surface area (Å²) in [6.45, 7) is 4.62. The van der Waals surface area contributed by atoms with Crippen LogP contribution < -0.4 is 10.6 Å². The Balaban J connectivity index is 1.46. The van der Waals surface area contributed by atoms with Gasteiger partial charge in [0.05, 0.1) is 12.0 Å². The molecule has 2 aromatic rings. The first-order valence-electron chi connectivity index (χ1n) is 9.71. The maximum absolute atomic E-state index is 12.4. The van der Waals surface area contributed by atoms with Gasteiger partial charge < -0.3 is 10.6 Å². The fourth-order valence-corrected chi connectivity index (χ4v) is 5.67. The SMILES string of the molecule is Cc1ccc(NC(=O)CSc2nnc(NC(=O)C3CCN(S(C)(=O)=O)CC3)s2)c(C)c1. The zero-order valence-electron chi connectivity index (χ0n) is 17.5. The van der Waals surface area contributed by atoms with Crippen molar-refractivity contribution in [2.45, 2.75) is 31.0 Å². The van der Waals surface area contributed by atoms with Crippen molar-refractivity contribution in [2.75, 3.05) is 35.7 Å². The third kappa shape index (κ3) is 6.73. The molecular weight excluding hydrogens is 458 g/mol. The van der Waals surface area contributed by atoms with E-state index < -0.39 is 10.0 Å². The summed E-state index contributed by atoms with van der Waals surface area (Å²) in [5.74, 6) is -0.412. The average molecular weight is 484 g/mol. The minimum atomic E-state index is -3.22. The summed E-state index contributed by atoms with van der Waals surface area (Å²) in [5, 5.41) is 14.0. The van der Waals surface area contributed by atoms with Gasteiger partial charge in [0, 0.05) is 24.7 Å². The zero-order chi connectivity index (χ0) is 22.6. The Bertz CT molecular complexity index is 1060. The number of benzene rings is 1. The molecule has 1 aromatic heterocycles. The van der Waals surface area contributed by atoms with Crippen molar-refractivity contribution in [3.8, 4) is 0 Å². The molecule has 3 rings (SSSR count). The number of hydrogen-bond donors (Lipinski definition) is 2. The number of amides is 2. The van der Waals surface area contributed by atoms with E-state index >= 15 is 0 Å². The van der Waals surface area contributed by atoms with Gasteiger partial charge in [-0.1, -0.05) is 40.8 Å². The van der Waals surface area contributed by atoms with Gasteiger partial charge in [0.1, 0.15) is 0 Å². The predicted octanol–water partition coefficient (Wildman–Crippen LogP) is 2.50. The van der Waals surface area contributed by atoms with Crippen LogP contribution in [0, 0.1) is 19.8 Å². The Morgan fingerprint density at radius 1 is 1.19 bits per heavy atom. The third-order valence-corrected chi connectivity index (χ3v) is 8.19. The fourth-order valence-electron chi connectivity index (χ4n) is 3.24. The van der Waals surface area contributed by atoms with E-state index in [9.17, 15) is 18.0 Å². The summed E-state index contributed by atoms with van der Waals surface area (Å²) in [5.41, 5.74) is 2.92. The van der Waals surface area contributed by atoms with Crippen molar-refractivity contribution >= 4 is 55.8 Å². The van der Waals surface area contributed by atoms with Gasteiger partial charge in [-0.15, -0.1) is 10.2 Å². The highest BCUT2D eigenvalue weighted by Gasteiger charge is 2.29. The van der Waals surface area contributed by atoms with Gasteiger partial charge in [0.2, 0.25) is 27.0 Å². The molecule has 0 atom stereocenters. The normalized spacial score (nSPS) is 15.6. The molecule has 0 bridgehead atoms. The van der Waals surface area contributed by atoms with Crippen LogP contribution in [-0.4, -0.2) is 59.8 Å². The summed E-state index contributed by atoms with van der Waals surface area (Å²) in [6, 6.07) is 5.83. The van der Waals surface area contributed by atoms with E-state index in [1.165, 1.54) is 33.7 Å². The molecule has 0 aliphatic carbocycles. The van der Waals surface area contributed by atoms with E-state index in [0.29, 0.717) is 35.4 Å². The van der Waals surface area contributed by atoms with Crippen LogP contribution >= 0.6 is 23.1 Å². The lowest BCUT2D eigenvalue weighted by atomic mass is 9.97. The van der Waals surface area contributed by atoms with Crippen LogP contribution in [-0.2, 0) is 19.6 Å². The van der Waals surface area contributed by atoms with Gasteiger partial charge in [0.25, 0.3) is 0 Å². The number of nitrogens with one attached hydrogen (secondary N) is 2. The second-order valence-electron chi connectivity index (χ2n) is 7.45. The summed E-state index contributed by atoms with van der Waals surface area (Å²) in [7, 11) is -3.22. The van der Waals surface area contributed by atoms with Gasteiger partial charge in [-0.2, -0.15) is 0 Å². The maximum atomic E-state index is 12.4. The molecular formula is C19H25N5O4S3. The number of aromatic nitrogens is 2. The molecule has 2 amide bonds. The Morgan fingerprint density at radius 3 is 2.55 bits per heavy atom. The van der Waals surface area contributed by atoms with Gasteiger partial charge >= 0.3 is 0 Å². The van der Waals surface area contributed by atoms with E-state index in [4.69, 9.17) is 0 Å². The Morgan fingerprint density at radius 2 is 1.90 bits per heavy atom. The van der Waals surface area contributed by atoms with Gasteiger partial charge in [-0.25, -0.2) is 12.7 Å². The number of nitrogens with zero attached hydrogens (tertiary/aromatic N) is 3. The van der Waals surface area contributed by atoms with Crippen molar-refractivity contribution in [3.63, 3.8) is 0 Å². The van der Waals surface area contributed by atoms with E-state index in [1.807, 2.05) is 32.0 Å². The van der Waals surface area contributed by atoms with Crippen molar-refractivity contribution in [1.29, 1.82) is 0 Å². The largest absolute Gasteiger partial charge is 0.325 e. The number of carbonyl (C=O) groups is 2. The maximum Gasteiger partial charge on any atom is 0.234 e. The minimum absolute atomic E-state index is 0.143. The summed E-state index contributed by atoms with van der Waals surface area (Å²) >= 11 is 2.46. The standard InChI is InChI=1S/C19H25N5O4S3/c1-12-4-5-15(13(2)10-12)20-16(25)11-29-19-23-22-18(30-19)21-17(26)14-6-8-24(9-7-14)31(3,27)28/h4-5,10,14H,6-9,11H2,1-3H3,(H,20,25)(H,21,22,26). The van der Waals surface area contributed by atoms with E-state index in [-0.39, 0.29) is 23.5 Å². The van der Waals surface area contributed by atoms with Crippen LogP contribution in [0.2, 0.25) is 0 Å².